The molecule has 1 heterocycles. The minimum absolute atomic E-state index is 0.0896. The second-order valence-electron chi connectivity index (χ2n) is 4.03. The Labute approximate surface area is 108 Å². The van der Waals surface area contributed by atoms with E-state index >= 15 is 0 Å². The fourth-order valence-corrected chi connectivity index (χ4v) is 1.90. The number of aromatic nitrogens is 2. The Morgan fingerprint density at radius 2 is 1.94 bits per heavy atom. The van der Waals surface area contributed by atoms with Crippen LogP contribution in [0.4, 0.5) is 5.82 Å². The highest BCUT2D eigenvalue weighted by Crippen LogP contribution is 2.23. The van der Waals surface area contributed by atoms with Crippen LogP contribution in [0.15, 0.2) is 5.16 Å². The van der Waals surface area contributed by atoms with Crippen LogP contribution in [0.5, 0.6) is 0 Å². The van der Waals surface area contributed by atoms with Gasteiger partial charge >= 0.3 is 0 Å². The van der Waals surface area contributed by atoms with Gasteiger partial charge in [-0.3, -0.25) is 0 Å². The van der Waals surface area contributed by atoms with Gasteiger partial charge in [0.05, 0.1) is 11.3 Å². The molecule has 1 rings (SSSR count). The molecule has 0 aliphatic heterocycles. The molecule has 3 N–H and O–H groups in total. The van der Waals surface area contributed by atoms with Gasteiger partial charge in [0.2, 0.25) is 0 Å². The first-order chi connectivity index (χ1) is 8.60. The largest absolute Gasteiger partial charge is 0.409 e. The Balaban J connectivity index is 3.54. The summed E-state index contributed by atoms with van der Waals surface area (Å²) in [6.45, 7) is 6.83. The minimum atomic E-state index is 0.0896. The molecule has 18 heavy (non-hydrogen) atoms. The lowest BCUT2D eigenvalue weighted by Gasteiger charge is -2.21. The van der Waals surface area contributed by atoms with Crippen LogP contribution in [-0.2, 0) is 12.8 Å². The molecule has 0 aliphatic rings. The summed E-state index contributed by atoms with van der Waals surface area (Å²) in [5.41, 5.74) is 8.38. The van der Waals surface area contributed by atoms with Gasteiger partial charge in [-0.2, -0.15) is 5.10 Å². The minimum Gasteiger partial charge on any atom is -0.409 e. The van der Waals surface area contributed by atoms with Crippen molar-refractivity contribution in [1.29, 1.82) is 0 Å². The van der Waals surface area contributed by atoms with Crippen molar-refractivity contribution in [3.05, 3.63) is 16.8 Å². The molecule has 100 valence electrons. The van der Waals surface area contributed by atoms with Crippen molar-refractivity contribution in [1.82, 2.24) is 10.2 Å². The molecule has 0 amide bonds. The molecule has 0 unspecified atom stereocenters. The highest BCUT2D eigenvalue weighted by Gasteiger charge is 2.19. The topological polar surface area (TPSA) is 87.6 Å². The van der Waals surface area contributed by atoms with Gasteiger partial charge in [-0.05, 0) is 25.3 Å². The molecule has 0 saturated carbocycles. The van der Waals surface area contributed by atoms with Gasteiger partial charge in [-0.25, -0.2) is 0 Å². The third-order valence-corrected chi connectivity index (χ3v) is 3.03. The van der Waals surface area contributed by atoms with E-state index < -0.39 is 0 Å². The number of rotatable bonds is 5. The molecule has 1 aromatic heterocycles. The zero-order valence-electron chi connectivity index (χ0n) is 11.4. The average molecular weight is 251 g/mol. The molecule has 0 aromatic carbocycles. The van der Waals surface area contributed by atoms with Crippen LogP contribution < -0.4 is 10.6 Å². The number of aryl methyl sites for hydroxylation is 1. The highest BCUT2D eigenvalue weighted by molar-refractivity contribution is 6.02. The summed E-state index contributed by atoms with van der Waals surface area (Å²) < 4.78 is 0. The molecule has 6 nitrogen and oxygen atoms in total. The van der Waals surface area contributed by atoms with E-state index in [1.165, 1.54) is 0 Å². The lowest BCUT2D eigenvalue weighted by atomic mass is 10.0. The first-order valence-electron chi connectivity index (χ1n) is 6.17. The van der Waals surface area contributed by atoms with Crippen molar-refractivity contribution in [3.8, 4) is 0 Å². The highest BCUT2D eigenvalue weighted by atomic mass is 16.4. The van der Waals surface area contributed by atoms with E-state index in [9.17, 15) is 0 Å². The predicted octanol–water partition coefficient (Wildman–Crippen LogP) is 1.15. The number of hydrogen-bond donors (Lipinski definition) is 2. The summed E-state index contributed by atoms with van der Waals surface area (Å²) in [6.07, 6.45) is 1.55. The summed E-state index contributed by atoms with van der Waals surface area (Å²) in [6, 6.07) is 0. The quantitative estimate of drug-likeness (QED) is 0.355. The number of amidine groups is 1. The van der Waals surface area contributed by atoms with Crippen molar-refractivity contribution < 1.29 is 5.21 Å². The molecular formula is C12H21N5O. The van der Waals surface area contributed by atoms with Crippen LogP contribution in [0.1, 0.15) is 37.6 Å². The normalized spacial score (nSPS) is 11.7. The van der Waals surface area contributed by atoms with Crippen molar-refractivity contribution >= 4 is 11.7 Å². The summed E-state index contributed by atoms with van der Waals surface area (Å²) in [5.74, 6) is 0.744. The summed E-state index contributed by atoms with van der Waals surface area (Å²) in [7, 11) is 1.91. The number of nitrogens with zero attached hydrogens (tertiary/aromatic N) is 4. The zero-order chi connectivity index (χ0) is 13.7. The molecule has 0 fully saturated rings. The molecule has 0 radical (unpaired) electrons. The first-order valence-corrected chi connectivity index (χ1v) is 6.17. The zero-order valence-corrected chi connectivity index (χ0v) is 11.4. The van der Waals surface area contributed by atoms with E-state index in [0.717, 1.165) is 30.6 Å². The van der Waals surface area contributed by atoms with Gasteiger partial charge in [-0.15, -0.1) is 5.10 Å². The van der Waals surface area contributed by atoms with Gasteiger partial charge < -0.3 is 15.8 Å². The Kier molecular flexibility index (Phi) is 4.88. The second kappa shape index (κ2) is 6.18. The predicted molar refractivity (Wildman–Crippen MR) is 72.2 cm³/mol. The van der Waals surface area contributed by atoms with Gasteiger partial charge in [0.25, 0.3) is 0 Å². The fraction of sp³-hybridized carbons (Fsp3) is 0.583. The van der Waals surface area contributed by atoms with E-state index in [1.807, 2.05) is 32.7 Å². The third kappa shape index (κ3) is 2.52. The number of hydrogen-bond acceptors (Lipinski definition) is 5. The summed E-state index contributed by atoms with van der Waals surface area (Å²) in [4.78, 5) is 1.93. The van der Waals surface area contributed by atoms with Crippen molar-refractivity contribution in [2.75, 3.05) is 18.5 Å². The lowest BCUT2D eigenvalue weighted by Crippen LogP contribution is -2.26. The van der Waals surface area contributed by atoms with Gasteiger partial charge in [0.15, 0.2) is 11.7 Å². The molecule has 6 heteroatoms. The summed E-state index contributed by atoms with van der Waals surface area (Å²) in [5, 5.41) is 20.5. The Hall–Kier alpha value is -1.85. The molecule has 0 bridgehead atoms. The van der Waals surface area contributed by atoms with Gasteiger partial charge in [-0.1, -0.05) is 19.0 Å². The van der Waals surface area contributed by atoms with Gasteiger partial charge in [0, 0.05) is 13.6 Å². The van der Waals surface area contributed by atoms with E-state index in [0.29, 0.717) is 11.4 Å². The van der Waals surface area contributed by atoms with Crippen LogP contribution in [-0.4, -0.2) is 34.8 Å². The Bertz CT molecular complexity index is 444. The molecule has 1 aromatic rings. The van der Waals surface area contributed by atoms with E-state index in [4.69, 9.17) is 10.9 Å². The lowest BCUT2D eigenvalue weighted by molar-refractivity contribution is 0.318. The maximum atomic E-state index is 8.95. The SMILES string of the molecule is CCc1nnc(N(C)CC)c(C(N)=NO)c1CC. The Morgan fingerprint density at radius 1 is 1.28 bits per heavy atom. The van der Waals surface area contributed by atoms with Crippen LogP contribution in [0.25, 0.3) is 0 Å². The molecular weight excluding hydrogens is 230 g/mol. The van der Waals surface area contributed by atoms with Crippen molar-refractivity contribution in [2.24, 2.45) is 10.9 Å². The maximum Gasteiger partial charge on any atom is 0.174 e. The maximum absolute atomic E-state index is 8.95. The molecule has 0 saturated heterocycles. The van der Waals surface area contributed by atoms with Crippen LogP contribution in [0.2, 0.25) is 0 Å². The standard InChI is InChI=1S/C12H21N5O/c1-5-8-9(6-2)14-15-12(17(4)7-3)10(8)11(13)16-18/h18H,5-7H2,1-4H3,(H2,13,16). The van der Waals surface area contributed by atoms with E-state index in [1.54, 1.807) is 0 Å². The molecule has 0 aliphatic carbocycles. The number of oxime groups is 1. The smallest absolute Gasteiger partial charge is 0.174 e. The first kappa shape index (κ1) is 14.2. The van der Waals surface area contributed by atoms with Gasteiger partial charge in [0.1, 0.15) is 0 Å². The van der Waals surface area contributed by atoms with E-state index in [-0.39, 0.29) is 5.84 Å². The summed E-state index contributed by atoms with van der Waals surface area (Å²) >= 11 is 0. The number of anilines is 1. The van der Waals surface area contributed by atoms with Crippen LogP contribution in [0.3, 0.4) is 0 Å². The second-order valence-corrected chi connectivity index (χ2v) is 4.03. The Morgan fingerprint density at radius 3 is 2.39 bits per heavy atom. The number of nitrogens with two attached hydrogens (primary N) is 1. The van der Waals surface area contributed by atoms with Crippen molar-refractivity contribution in [2.45, 2.75) is 33.6 Å². The molecule has 0 spiro atoms. The van der Waals surface area contributed by atoms with E-state index in [2.05, 4.69) is 15.4 Å². The average Bonchev–Trinajstić information content (AvgIpc) is 2.43. The van der Waals surface area contributed by atoms with Crippen molar-refractivity contribution in [3.63, 3.8) is 0 Å². The van der Waals surface area contributed by atoms with Crippen LogP contribution in [0, 0.1) is 0 Å². The van der Waals surface area contributed by atoms with Crippen LogP contribution >= 0.6 is 0 Å². The fourth-order valence-electron chi connectivity index (χ4n) is 1.90. The molecule has 0 atom stereocenters. The third-order valence-electron chi connectivity index (χ3n) is 3.03. The monoisotopic (exact) mass is 251 g/mol.